The van der Waals surface area contributed by atoms with Crippen molar-refractivity contribution in [1.82, 2.24) is 9.78 Å². The number of halogens is 2. The molecule has 90 valence electrons. The summed E-state index contributed by atoms with van der Waals surface area (Å²) in [5.41, 5.74) is 7.73. The molecule has 1 aromatic carbocycles. The third-order valence-electron chi connectivity index (χ3n) is 2.61. The molecule has 1 unspecified atom stereocenters. The van der Waals surface area contributed by atoms with Gasteiger partial charge in [0.15, 0.2) is 0 Å². The van der Waals surface area contributed by atoms with Crippen LogP contribution in [0.5, 0.6) is 0 Å². The minimum Gasteiger partial charge on any atom is -0.319 e. The fourth-order valence-corrected chi connectivity index (χ4v) is 2.28. The van der Waals surface area contributed by atoms with E-state index in [4.69, 9.17) is 5.73 Å². The van der Waals surface area contributed by atoms with E-state index in [2.05, 4.69) is 21.0 Å². The summed E-state index contributed by atoms with van der Waals surface area (Å²) in [5.74, 6) is -0.299. The molecule has 0 aliphatic carbocycles. The second-order valence-electron chi connectivity index (χ2n) is 3.75. The van der Waals surface area contributed by atoms with Gasteiger partial charge in [-0.05, 0) is 36.8 Å². The summed E-state index contributed by atoms with van der Waals surface area (Å²) < 4.78 is 15.8. The number of nitrogens with two attached hydrogens (primary N) is 1. The third kappa shape index (κ3) is 2.56. The summed E-state index contributed by atoms with van der Waals surface area (Å²) in [5, 5.41) is 4.16. The van der Waals surface area contributed by atoms with E-state index in [0.717, 1.165) is 17.8 Å². The van der Waals surface area contributed by atoms with Crippen LogP contribution in [0.1, 0.15) is 24.2 Å². The van der Waals surface area contributed by atoms with Crippen LogP contribution in [0.4, 0.5) is 4.39 Å². The standard InChI is InChI=1S/C12H13BrFN3/c1-2-17-11(3-4-16-17)12(15)8-5-9(13)7-10(14)6-8/h3-7,12H,2,15H2,1H3. The molecule has 5 heteroatoms. The Morgan fingerprint density at radius 2 is 2.24 bits per heavy atom. The van der Waals surface area contributed by atoms with E-state index in [0.29, 0.717) is 4.47 Å². The van der Waals surface area contributed by atoms with E-state index >= 15 is 0 Å². The second kappa shape index (κ2) is 4.98. The molecule has 17 heavy (non-hydrogen) atoms. The van der Waals surface area contributed by atoms with E-state index < -0.39 is 0 Å². The van der Waals surface area contributed by atoms with Crippen molar-refractivity contribution in [2.45, 2.75) is 19.5 Å². The van der Waals surface area contributed by atoms with Crippen molar-refractivity contribution in [3.63, 3.8) is 0 Å². The molecule has 2 aromatic rings. The fourth-order valence-electron chi connectivity index (χ4n) is 1.80. The highest BCUT2D eigenvalue weighted by molar-refractivity contribution is 9.10. The van der Waals surface area contributed by atoms with Gasteiger partial charge in [0.25, 0.3) is 0 Å². The Morgan fingerprint density at radius 1 is 1.47 bits per heavy atom. The number of nitrogens with zero attached hydrogens (tertiary/aromatic N) is 2. The number of rotatable bonds is 3. The molecular formula is C12H13BrFN3. The summed E-state index contributed by atoms with van der Waals surface area (Å²) in [6.07, 6.45) is 1.70. The lowest BCUT2D eigenvalue weighted by molar-refractivity contribution is 0.594. The zero-order valence-corrected chi connectivity index (χ0v) is 11.0. The lowest BCUT2D eigenvalue weighted by Crippen LogP contribution is -2.17. The van der Waals surface area contributed by atoms with Crippen LogP contribution in [0.2, 0.25) is 0 Å². The van der Waals surface area contributed by atoms with Gasteiger partial charge < -0.3 is 5.73 Å². The Balaban J connectivity index is 2.39. The molecule has 0 amide bonds. The Kier molecular flexibility index (Phi) is 3.59. The van der Waals surface area contributed by atoms with E-state index in [-0.39, 0.29) is 11.9 Å². The summed E-state index contributed by atoms with van der Waals surface area (Å²) in [6.45, 7) is 2.73. The SMILES string of the molecule is CCn1nccc1C(N)c1cc(F)cc(Br)c1. The number of hydrogen-bond acceptors (Lipinski definition) is 2. The molecule has 0 saturated heterocycles. The molecule has 0 bridgehead atoms. The van der Waals surface area contributed by atoms with Crippen LogP contribution in [-0.2, 0) is 6.54 Å². The molecule has 1 atom stereocenters. The molecule has 0 aliphatic heterocycles. The Hall–Kier alpha value is -1.20. The average molecular weight is 298 g/mol. The third-order valence-corrected chi connectivity index (χ3v) is 3.07. The van der Waals surface area contributed by atoms with Crippen LogP contribution >= 0.6 is 15.9 Å². The van der Waals surface area contributed by atoms with Gasteiger partial charge >= 0.3 is 0 Å². The molecule has 0 spiro atoms. The largest absolute Gasteiger partial charge is 0.319 e. The number of aromatic nitrogens is 2. The summed E-state index contributed by atoms with van der Waals surface area (Å²) in [4.78, 5) is 0. The molecule has 1 heterocycles. The van der Waals surface area contributed by atoms with Crippen LogP contribution in [-0.4, -0.2) is 9.78 Å². The van der Waals surface area contributed by atoms with Crippen molar-refractivity contribution in [2.24, 2.45) is 5.73 Å². The smallest absolute Gasteiger partial charge is 0.124 e. The number of aryl methyl sites for hydroxylation is 1. The van der Waals surface area contributed by atoms with Gasteiger partial charge in [-0.2, -0.15) is 5.10 Å². The first kappa shape index (κ1) is 12.3. The Labute approximate surface area is 108 Å². The maximum atomic E-state index is 13.3. The van der Waals surface area contributed by atoms with Crippen LogP contribution in [0, 0.1) is 5.82 Å². The molecule has 3 nitrogen and oxygen atoms in total. The zero-order chi connectivity index (χ0) is 12.4. The Morgan fingerprint density at radius 3 is 2.88 bits per heavy atom. The molecule has 0 saturated carbocycles. The van der Waals surface area contributed by atoms with E-state index in [1.807, 2.05) is 23.7 Å². The number of benzene rings is 1. The molecule has 0 aliphatic rings. The highest BCUT2D eigenvalue weighted by atomic mass is 79.9. The van der Waals surface area contributed by atoms with Crippen LogP contribution in [0.25, 0.3) is 0 Å². The van der Waals surface area contributed by atoms with Crippen molar-refractivity contribution in [2.75, 3.05) is 0 Å². The Bertz CT molecular complexity index is 504. The van der Waals surface area contributed by atoms with Gasteiger partial charge in [0.1, 0.15) is 5.82 Å². The van der Waals surface area contributed by atoms with Gasteiger partial charge in [-0.1, -0.05) is 15.9 Å². The maximum absolute atomic E-state index is 13.3. The van der Waals surface area contributed by atoms with Gasteiger partial charge in [-0.15, -0.1) is 0 Å². The van der Waals surface area contributed by atoms with Gasteiger partial charge in [0.2, 0.25) is 0 Å². The molecule has 2 N–H and O–H groups in total. The van der Waals surface area contributed by atoms with Crippen LogP contribution in [0.3, 0.4) is 0 Å². The highest BCUT2D eigenvalue weighted by Gasteiger charge is 2.14. The van der Waals surface area contributed by atoms with E-state index in [1.54, 1.807) is 6.20 Å². The molecule has 0 radical (unpaired) electrons. The molecular weight excluding hydrogens is 285 g/mol. The van der Waals surface area contributed by atoms with Crippen molar-refractivity contribution < 1.29 is 4.39 Å². The number of hydrogen-bond donors (Lipinski definition) is 1. The van der Waals surface area contributed by atoms with Gasteiger partial charge in [-0.25, -0.2) is 4.39 Å². The van der Waals surface area contributed by atoms with E-state index in [9.17, 15) is 4.39 Å². The van der Waals surface area contributed by atoms with Crippen molar-refractivity contribution in [1.29, 1.82) is 0 Å². The fraction of sp³-hybridized carbons (Fsp3) is 0.250. The summed E-state index contributed by atoms with van der Waals surface area (Å²) in [7, 11) is 0. The minimum absolute atomic E-state index is 0.299. The summed E-state index contributed by atoms with van der Waals surface area (Å²) >= 11 is 3.26. The maximum Gasteiger partial charge on any atom is 0.124 e. The second-order valence-corrected chi connectivity index (χ2v) is 4.67. The van der Waals surface area contributed by atoms with Crippen LogP contribution in [0.15, 0.2) is 34.9 Å². The first-order valence-corrected chi connectivity index (χ1v) is 6.14. The van der Waals surface area contributed by atoms with Crippen molar-refractivity contribution in [3.05, 3.63) is 52.0 Å². The minimum atomic E-state index is -0.371. The van der Waals surface area contributed by atoms with Gasteiger partial charge in [0, 0.05) is 17.2 Å². The molecule has 0 fully saturated rings. The van der Waals surface area contributed by atoms with Gasteiger partial charge in [0.05, 0.1) is 11.7 Å². The van der Waals surface area contributed by atoms with Gasteiger partial charge in [-0.3, -0.25) is 4.68 Å². The predicted octanol–water partition coefficient (Wildman–Crippen LogP) is 2.85. The average Bonchev–Trinajstić information content (AvgIpc) is 2.74. The normalized spacial score (nSPS) is 12.7. The van der Waals surface area contributed by atoms with Crippen molar-refractivity contribution in [3.8, 4) is 0 Å². The molecule has 1 aromatic heterocycles. The first-order chi connectivity index (χ1) is 8.11. The quantitative estimate of drug-likeness (QED) is 0.947. The topological polar surface area (TPSA) is 43.8 Å². The first-order valence-electron chi connectivity index (χ1n) is 5.35. The lowest BCUT2D eigenvalue weighted by atomic mass is 10.0. The summed E-state index contributed by atoms with van der Waals surface area (Å²) in [6, 6.07) is 6.16. The molecule has 2 rings (SSSR count). The van der Waals surface area contributed by atoms with Crippen LogP contribution < -0.4 is 5.73 Å². The van der Waals surface area contributed by atoms with E-state index in [1.165, 1.54) is 12.1 Å². The lowest BCUT2D eigenvalue weighted by Gasteiger charge is -2.14. The van der Waals surface area contributed by atoms with Crippen molar-refractivity contribution >= 4 is 15.9 Å². The highest BCUT2D eigenvalue weighted by Crippen LogP contribution is 2.23. The monoisotopic (exact) mass is 297 g/mol. The zero-order valence-electron chi connectivity index (χ0n) is 9.40. The predicted molar refractivity (Wildman–Crippen MR) is 68.0 cm³/mol.